The van der Waals surface area contributed by atoms with Crippen LogP contribution in [0, 0.1) is 11.3 Å². The Hall–Kier alpha value is -2.60. The van der Waals surface area contributed by atoms with E-state index in [9.17, 15) is 4.79 Å². The molecule has 0 saturated carbocycles. The fraction of sp³-hybridized carbons (Fsp3) is 0.125. The molecule has 3 heteroatoms. The quantitative estimate of drug-likeness (QED) is 0.906. The molecule has 0 radical (unpaired) electrons. The predicted octanol–water partition coefficient (Wildman–Crippen LogP) is 3.13. The number of nitriles is 1. The number of nitrogens with zero attached hydrogens (tertiary/aromatic N) is 1. The van der Waals surface area contributed by atoms with Crippen LogP contribution in [0.1, 0.15) is 17.5 Å². The summed E-state index contributed by atoms with van der Waals surface area (Å²) in [5, 5.41) is 11.8. The van der Waals surface area contributed by atoms with Gasteiger partial charge in [-0.3, -0.25) is 4.79 Å². The van der Waals surface area contributed by atoms with Crippen molar-refractivity contribution in [3.63, 3.8) is 0 Å². The second-order valence-corrected chi connectivity index (χ2v) is 4.18. The highest BCUT2D eigenvalue weighted by Crippen LogP contribution is 2.11. The Bertz CT molecular complexity index is 600. The molecule has 0 atom stereocenters. The molecular formula is C16H14N2O. The molecular weight excluding hydrogens is 236 g/mol. The van der Waals surface area contributed by atoms with E-state index in [1.54, 1.807) is 6.07 Å². The number of nitrogens with one attached hydrogen (secondary N) is 1. The van der Waals surface area contributed by atoms with Gasteiger partial charge in [0.1, 0.15) is 0 Å². The van der Waals surface area contributed by atoms with E-state index >= 15 is 0 Å². The second-order valence-electron chi connectivity index (χ2n) is 4.18. The maximum atomic E-state index is 11.8. The van der Waals surface area contributed by atoms with E-state index in [0.717, 1.165) is 11.3 Å². The van der Waals surface area contributed by atoms with Gasteiger partial charge < -0.3 is 5.32 Å². The smallest absolute Gasteiger partial charge is 0.224 e. The van der Waals surface area contributed by atoms with Crippen molar-refractivity contribution in [2.45, 2.75) is 12.8 Å². The lowest BCUT2D eigenvalue weighted by Gasteiger charge is -2.06. The van der Waals surface area contributed by atoms with Gasteiger partial charge in [-0.2, -0.15) is 5.26 Å². The Morgan fingerprint density at radius 1 is 1.05 bits per heavy atom. The molecule has 2 aromatic carbocycles. The first-order valence-electron chi connectivity index (χ1n) is 6.12. The van der Waals surface area contributed by atoms with Crippen molar-refractivity contribution in [1.82, 2.24) is 0 Å². The lowest BCUT2D eigenvalue weighted by atomic mass is 10.0. The summed E-state index contributed by atoms with van der Waals surface area (Å²) in [6.45, 7) is 0. The molecule has 3 nitrogen and oxygen atoms in total. The molecule has 0 aliphatic rings. The van der Waals surface area contributed by atoms with Gasteiger partial charge in [-0.25, -0.2) is 0 Å². The van der Waals surface area contributed by atoms with E-state index in [1.807, 2.05) is 48.5 Å². The second kappa shape index (κ2) is 6.36. The Kier molecular flexibility index (Phi) is 4.30. The lowest BCUT2D eigenvalue weighted by molar-refractivity contribution is -0.116. The van der Waals surface area contributed by atoms with Crippen LogP contribution < -0.4 is 5.32 Å². The molecule has 0 aliphatic carbocycles. The van der Waals surface area contributed by atoms with Gasteiger partial charge in [-0.15, -0.1) is 0 Å². The Labute approximate surface area is 112 Å². The molecule has 2 aromatic rings. The standard InChI is InChI=1S/C16H14N2O/c17-12-14-7-5-4-6-13(14)10-11-16(19)18-15-8-2-1-3-9-15/h1-9H,10-11H2,(H,18,19). The molecule has 1 amide bonds. The number of aryl methyl sites for hydroxylation is 1. The lowest BCUT2D eigenvalue weighted by Crippen LogP contribution is -2.12. The van der Waals surface area contributed by atoms with Crippen LogP contribution in [0.25, 0.3) is 0 Å². The van der Waals surface area contributed by atoms with Crippen molar-refractivity contribution in [2.24, 2.45) is 0 Å². The van der Waals surface area contributed by atoms with Gasteiger partial charge in [-0.05, 0) is 30.2 Å². The number of amides is 1. The van der Waals surface area contributed by atoms with Crippen molar-refractivity contribution in [2.75, 3.05) is 5.32 Å². The summed E-state index contributed by atoms with van der Waals surface area (Å²) in [6, 6.07) is 18.8. The molecule has 0 aliphatic heterocycles. The maximum Gasteiger partial charge on any atom is 0.224 e. The molecule has 94 valence electrons. The molecule has 0 spiro atoms. The highest BCUT2D eigenvalue weighted by atomic mass is 16.1. The Balaban J connectivity index is 1.92. The van der Waals surface area contributed by atoms with Crippen molar-refractivity contribution in [3.8, 4) is 6.07 Å². The number of hydrogen-bond acceptors (Lipinski definition) is 2. The van der Waals surface area contributed by atoms with Gasteiger partial charge in [0.25, 0.3) is 0 Å². The Morgan fingerprint density at radius 3 is 2.47 bits per heavy atom. The number of rotatable bonds is 4. The van der Waals surface area contributed by atoms with Crippen molar-refractivity contribution >= 4 is 11.6 Å². The minimum absolute atomic E-state index is 0.0426. The van der Waals surface area contributed by atoms with Crippen molar-refractivity contribution < 1.29 is 4.79 Å². The summed E-state index contributed by atoms with van der Waals surface area (Å²) in [5.41, 5.74) is 2.34. The molecule has 0 bridgehead atoms. The minimum atomic E-state index is -0.0426. The zero-order valence-corrected chi connectivity index (χ0v) is 10.5. The summed E-state index contributed by atoms with van der Waals surface area (Å²) < 4.78 is 0. The van der Waals surface area contributed by atoms with Gasteiger partial charge in [0, 0.05) is 12.1 Å². The molecule has 2 rings (SSSR count). The molecule has 19 heavy (non-hydrogen) atoms. The van der Waals surface area contributed by atoms with Crippen LogP contribution in [-0.4, -0.2) is 5.91 Å². The summed E-state index contributed by atoms with van der Waals surface area (Å²) in [5.74, 6) is -0.0426. The first kappa shape index (κ1) is 12.8. The third-order valence-corrected chi connectivity index (χ3v) is 2.82. The number of carbonyl (C=O) groups is 1. The van der Waals surface area contributed by atoms with Crippen LogP contribution in [0.15, 0.2) is 54.6 Å². The first-order valence-corrected chi connectivity index (χ1v) is 6.12. The van der Waals surface area contributed by atoms with E-state index in [2.05, 4.69) is 11.4 Å². The monoisotopic (exact) mass is 250 g/mol. The van der Waals surface area contributed by atoms with Crippen molar-refractivity contribution in [3.05, 3.63) is 65.7 Å². The van der Waals surface area contributed by atoms with Crippen LogP contribution in [0.2, 0.25) is 0 Å². The number of anilines is 1. The van der Waals surface area contributed by atoms with Crippen LogP contribution in [0.3, 0.4) is 0 Å². The molecule has 1 N–H and O–H groups in total. The molecule has 0 saturated heterocycles. The number of carbonyl (C=O) groups excluding carboxylic acids is 1. The van der Waals surface area contributed by atoms with E-state index in [0.29, 0.717) is 18.4 Å². The molecule has 0 fully saturated rings. The molecule has 0 unspecified atom stereocenters. The zero-order chi connectivity index (χ0) is 13.5. The highest BCUT2D eigenvalue weighted by molar-refractivity contribution is 5.90. The topological polar surface area (TPSA) is 52.9 Å². The first-order chi connectivity index (χ1) is 9.29. The van der Waals surface area contributed by atoms with E-state index in [4.69, 9.17) is 5.26 Å². The zero-order valence-electron chi connectivity index (χ0n) is 10.5. The summed E-state index contributed by atoms with van der Waals surface area (Å²) >= 11 is 0. The largest absolute Gasteiger partial charge is 0.326 e. The van der Waals surface area contributed by atoms with Crippen LogP contribution >= 0.6 is 0 Å². The molecule has 0 aromatic heterocycles. The number of benzene rings is 2. The molecule has 0 heterocycles. The predicted molar refractivity (Wildman–Crippen MR) is 74.5 cm³/mol. The van der Waals surface area contributed by atoms with Crippen LogP contribution in [-0.2, 0) is 11.2 Å². The SMILES string of the molecule is N#Cc1ccccc1CCC(=O)Nc1ccccc1. The summed E-state index contributed by atoms with van der Waals surface area (Å²) in [6.07, 6.45) is 0.940. The van der Waals surface area contributed by atoms with Gasteiger partial charge >= 0.3 is 0 Å². The van der Waals surface area contributed by atoms with Gasteiger partial charge in [0.2, 0.25) is 5.91 Å². The van der Waals surface area contributed by atoms with E-state index < -0.39 is 0 Å². The van der Waals surface area contributed by atoms with Crippen molar-refractivity contribution in [1.29, 1.82) is 5.26 Å². The number of para-hydroxylation sites is 1. The van der Waals surface area contributed by atoms with E-state index in [-0.39, 0.29) is 5.91 Å². The maximum absolute atomic E-state index is 11.8. The number of hydrogen-bond donors (Lipinski definition) is 1. The average molecular weight is 250 g/mol. The Morgan fingerprint density at radius 2 is 1.74 bits per heavy atom. The third kappa shape index (κ3) is 3.68. The fourth-order valence-electron chi connectivity index (χ4n) is 1.84. The van der Waals surface area contributed by atoms with Gasteiger partial charge in [-0.1, -0.05) is 36.4 Å². The van der Waals surface area contributed by atoms with E-state index in [1.165, 1.54) is 0 Å². The normalized spacial score (nSPS) is 9.63. The van der Waals surface area contributed by atoms with Crippen LogP contribution in [0.4, 0.5) is 5.69 Å². The minimum Gasteiger partial charge on any atom is -0.326 e. The fourth-order valence-corrected chi connectivity index (χ4v) is 1.84. The third-order valence-electron chi connectivity index (χ3n) is 2.82. The van der Waals surface area contributed by atoms with Gasteiger partial charge in [0.15, 0.2) is 0 Å². The summed E-state index contributed by atoms with van der Waals surface area (Å²) in [4.78, 5) is 11.8. The van der Waals surface area contributed by atoms with Gasteiger partial charge in [0.05, 0.1) is 11.6 Å². The highest BCUT2D eigenvalue weighted by Gasteiger charge is 2.05. The summed E-state index contributed by atoms with van der Waals surface area (Å²) in [7, 11) is 0. The average Bonchev–Trinajstić information content (AvgIpc) is 2.46. The van der Waals surface area contributed by atoms with Crippen LogP contribution in [0.5, 0.6) is 0 Å².